The Kier molecular flexibility index (Phi) is 3.28. The van der Waals surface area contributed by atoms with Crippen molar-refractivity contribution in [1.82, 2.24) is 4.90 Å². The van der Waals surface area contributed by atoms with E-state index >= 15 is 0 Å². The number of nitrogens with zero attached hydrogens (tertiary/aromatic N) is 1. The molecule has 1 aliphatic heterocycles. The van der Waals surface area contributed by atoms with E-state index in [1.807, 2.05) is 6.92 Å². The third kappa shape index (κ3) is 1.86. The van der Waals surface area contributed by atoms with Gasteiger partial charge < -0.3 is 0 Å². The van der Waals surface area contributed by atoms with E-state index in [1.165, 1.54) is 4.90 Å². The topological polar surface area (TPSA) is 37.4 Å². The molecule has 1 aliphatic rings. The minimum absolute atomic E-state index is 0.155. The first-order chi connectivity index (χ1) is 7.65. The minimum atomic E-state index is -0.155. The first-order valence-electron chi connectivity index (χ1n) is 5.16. The fraction of sp³-hybridized carbons (Fsp3) is 0.333. The Balaban J connectivity index is 2.28. The molecule has 2 rings (SSSR count). The van der Waals surface area contributed by atoms with Gasteiger partial charge in [0.05, 0.1) is 11.1 Å². The van der Waals surface area contributed by atoms with Crippen molar-refractivity contribution in [1.29, 1.82) is 0 Å². The zero-order valence-electron chi connectivity index (χ0n) is 8.94. The number of fused-ring (bicyclic) bond motifs is 1. The molecule has 1 aromatic carbocycles. The summed E-state index contributed by atoms with van der Waals surface area (Å²) in [6, 6.07) is 7.00. The van der Waals surface area contributed by atoms with Crippen LogP contribution in [0.15, 0.2) is 24.3 Å². The minimum Gasteiger partial charge on any atom is -0.274 e. The van der Waals surface area contributed by atoms with Gasteiger partial charge in [-0.15, -0.1) is 0 Å². The Labute approximate surface area is 108 Å². The summed E-state index contributed by atoms with van der Waals surface area (Å²) in [5.41, 5.74) is 1.07. The zero-order chi connectivity index (χ0) is 11.7. The lowest BCUT2D eigenvalue weighted by atomic mass is 10.1. The second-order valence-corrected chi connectivity index (χ2v) is 4.91. The number of benzene rings is 1. The third-order valence-corrected chi connectivity index (χ3v) is 4.14. The van der Waals surface area contributed by atoms with E-state index in [-0.39, 0.29) is 11.8 Å². The maximum atomic E-state index is 12.0. The van der Waals surface area contributed by atoms with Gasteiger partial charge in [0.1, 0.15) is 0 Å². The van der Waals surface area contributed by atoms with E-state index in [0.29, 0.717) is 23.6 Å². The number of halogens is 1. The van der Waals surface area contributed by atoms with Gasteiger partial charge in [0.25, 0.3) is 11.8 Å². The number of alkyl halides is 1. The molecule has 0 saturated carbocycles. The van der Waals surface area contributed by atoms with Gasteiger partial charge in [-0.1, -0.05) is 41.6 Å². The molecular weight excluding hydrogens is 317 g/mol. The summed E-state index contributed by atoms with van der Waals surface area (Å²) in [6.07, 6.45) is 0. The number of hydrogen-bond donors (Lipinski definition) is 0. The van der Waals surface area contributed by atoms with E-state index in [1.54, 1.807) is 24.3 Å². The van der Waals surface area contributed by atoms with Crippen molar-refractivity contribution >= 4 is 34.4 Å². The van der Waals surface area contributed by atoms with Gasteiger partial charge >= 0.3 is 0 Å². The van der Waals surface area contributed by atoms with E-state index in [2.05, 4.69) is 22.6 Å². The van der Waals surface area contributed by atoms with Crippen molar-refractivity contribution in [2.45, 2.75) is 6.92 Å². The van der Waals surface area contributed by atoms with Crippen LogP contribution in [0.4, 0.5) is 0 Å². The van der Waals surface area contributed by atoms with E-state index in [9.17, 15) is 9.59 Å². The Bertz CT molecular complexity index is 409. The lowest BCUT2D eigenvalue weighted by Crippen LogP contribution is -2.34. The Morgan fingerprint density at radius 1 is 1.19 bits per heavy atom. The van der Waals surface area contributed by atoms with Crippen LogP contribution in [0.5, 0.6) is 0 Å². The molecule has 2 amide bonds. The maximum Gasteiger partial charge on any atom is 0.261 e. The molecule has 0 radical (unpaired) electrons. The summed E-state index contributed by atoms with van der Waals surface area (Å²) < 4.78 is 0.936. The van der Waals surface area contributed by atoms with Crippen LogP contribution in [0.25, 0.3) is 0 Å². The van der Waals surface area contributed by atoms with Crippen molar-refractivity contribution in [2.75, 3.05) is 11.0 Å². The molecule has 3 nitrogen and oxygen atoms in total. The summed E-state index contributed by atoms with van der Waals surface area (Å²) in [7, 11) is 0. The van der Waals surface area contributed by atoms with Crippen molar-refractivity contribution in [3.63, 3.8) is 0 Å². The third-order valence-electron chi connectivity index (χ3n) is 2.64. The Morgan fingerprint density at radius 3 is 2.12 bits per heavy atom. The molecule has 0 fully saturated rings. The van der Waals surface area contributed by atoms with Crippen LogP contribution in [0.1, 0.15) is 27.6 Å². The smallest absolute Gasteiger partial charge is 0.261 e. The summed E-state index contributed by atoms with van der Waals surface area (Å²) in [5.74, 6) is 0.0254. The largest absolute Gasteiger partial charge is 0.274 e. The molecule has 0 bridgehead atoms. The molecule has 0 N–H and O–H groups in total. The summed E-state index contributed by atoms with van der Waals surface area (Å²) in [5, 5.41) is 0. The van der Waals surface area contributed by atoms with Crippen molar-refractivity contribution in [3.8, 4) is 0 Å². The molecule has 0 aromatic heterocycles. The highest BCUT2D eigenvalue weighted by molar-refractivity contribution is 14.1. The SMILES string of the molecule is C[C@H](CI)CN1C(=O)c2ccccc2C1=O. The highest BCUT2D eigenvalue weighted by Gasteiger charge is 2.35. The van der Waals surface area contributed by atoms with Crippen LogP contribution >= 0.6 is 22.6 Å². The molecule has 0 unspecified atom stereocenters. The average molecular weight is 329 g/mol. The Morgan fingerprint density at radius 2 is 1.69 bits per heavy atom. The normalized spacial score (nSPS) is 16.5. The fourth-order valence-electron chi connectivity index (χ4n) is 1.77. The van der Waals surface area contributed by atoms with Crippen LogP contribution in [0.2, 0.25) is 0 Å². The molecule has 0 saturated heterocycles. The number of hydrogen-bond acceptors (Lipinski definition) is 2. The summed E-state index contributed by atoms with van der Waals surface area (Å²) in [6.45, 7) is 2.55. The first kappa shape index (κ1) is 11.6. The number of carbonyl (C=O) groups excluding carboxylic acids is 2. The van der Waals surface area contributed by atoms with Crippen LogP contribution in [-0.4, -0.2) is 27.7 Å². The molecule has 4 heteroatoms. The summed E-state index contributed by atoms with van der Waals surface area (Å²) >= 11 is 2.26. The molecule has 0 spiro atoms. The maximum absolute atomic E-state index is 12.0. The van der Waals surface area contributed by atoms with Crippen LogP contribution in [-0.2, 0) is 0 Å². The fourth-order valence-corrected chi connectivity index (χ4v) is 2.04. The molecular formula is C12H12INO2. The van der Waals surface area contributed by atoms with Crippen molar-refractivity contribution in [2.24, 2.45) is 5.92 Å². The second-order valence-electron chi connectivity index (χ2n) is 4.03. The van der Waals surface area contributed by atoms with Gasteiger partial charge in [-0.05, 0) is 18.1 Å². The number of carbonyl (C=O) groups is 2. The molecule has 1 atom stereocenters. The molecule has 16 heavy (non-hydrogen) atoms. The standard InChI is InChI=1S/C12H12INO2/c1-8(6-13)7-14-11(15)9-4-2-3-5-10(9)12(14)16/h2-5,8H,6-7H2,1H3/t8-/m1/s1. The van der Waals surface area contributed by atoms with Gasteiger partial charge in [0.2, 0.25) is 0 Å². The summed E-state index contributed by atoms with van der Waals surface area (Å²) in [4.78, 5) is 25.3. The Hall–Kier alpha value is -0.910. The van der Waals surface area contributed by atoms with Crippen LogP contribution < -0.4 is 0 Å². The van der Waals surface area contributed by atoms with E-state index < -0.39 is 0 Å². The predicted molar refractivity (Wildman–Crippen MR) is 69.9 cm³/mol. The highest BCUT2D eigenvalue weighted by Crippen LogP contribution is 2.23. The van der Waals surface area contributed by atoms with Crippen LogP contribution in [0, 0.1) is 5.92 Å². The van der Waals surface area contributed by atoms with Crippen LogP contribution in [0.3, 0.4) is 0 Å². The van der Waals surface area contributed by atoms with E-state index in [0.717, 1.165) is 4.43 Å². The molecule has 1 aromatic rings. The van der Waals surface area contributed by atoms with E-state index in [4.69, 9.17) is 0 Å². The van der Waals surface area contributed by atoms with Gasteiger partial charge in [-0.2, -0.15) is 0 Å². The van der Waals surface area contributed by atoms with Gasteiger partial charge in [0.15, 0.2) is 0 Å². The van der Waals surface area contributed by atoms with Gasteiger partial charge in [-0.3, -0.25) is 14.5 Å². The van der Waals surface area contributed by atoms with Gasteiger partial charge in [-0.25, -0.2) is 0 Å². The quantitative estimate of drug-likeness (QED) is 0.485. The molecule has 1 heterocycles. The number of rotatable bonds is 3. The highest BCUT2D eigenvalue weighted by atomic mass is 127. The second kappa shape index (κ2) is 4.53. The van der Waals surface area contributed by atoms with Crippen molar-refractivity contribution in [3.05, 3.63) is 35.4 Å². The average Bonchev–Trinajstić information content (AvgIpc) is 2.55. The first-order valence-corrected chi connectivity index (χ1v) is 6.69. The lowest BCUT2D eigenvalue weighted by Gasteiger charge is -2.17. The van der Waals surface area contributed by atoms with Crippen molar-refractivity contribution < 1.29 is 9.59 Å². The number of amides is 2. The predicted octanol–water partition coefficient (Wildman–Crippen LogP) is 2.35. The lowest BCUT2D eigenvalue weighted by molar-refractivity contribution is 0.0638. The monoisotopic (exact) mass is 329 g/mol. The van der Waals surface area contributed by atoms with Gasteiger partial charge in [0, 0.05) is 11.0 Å². The zero-order valence-corrected chi connectivity index (χ0v) is 11.1. The number of imide groups is 1. The molecule has 84 valence electrons. The molecule has 0 aliphatic carbocycles.